The Bertz CT molecular complexity index is 404. The molecule has 90 valence electrons. The fraction of sp³-hybridized carbons (Fsp3) is 0.667. The van der Waals surface area contributed by atoms with Crippen molar-refractivity contribution in [1.29, 1.82) is 0 Å². The minimum atomic E-state index is -1.59. The first-order valence-electron chi connectivity index (χ1n) is 5.35. The predicted molar refractivity (Wildman–Crippen MR) is 71.8 cm³/mol. The maximum absolute atomic E-state index is 11.8. The summed E-state index contributed by atoms with van der Waals surface area (Å²) in [5.41, 5.74) is 0.535. The summed E-state index contributed by atoms with van der Waals surface area (Å²) in [6.45, 7) is 13.4. The van der Waals surface area contributed by atoms with E-state index in [0.717, 1.165) is 0 Å². The number of nitrogens with zero attached hydrogens (tertiary/aromatic N) is 3. The van der Waals surface area contributed by atoms with Gasteiger partial charge in [0.25, 0.3) is 5.56 Å². The van der Waals surface area contributed by atoms with Gasteiger partial charge in [0.05, 0.1) is 6.20 Å². The molecule has 7 heteroatoms. The third kappa shape index (κ3) is 2.79. The van der Waals surface area contributed by atoms with E-state index in [2.05, 4.69) is 58.9 Å². The van der Waals surface area contributed by atoms with Crippen LogP contribution in [-0.2, 0) is 0 Å². The Morgan fingerprint density at radius 3 is 2.00 bits per heavy atom. The highest BCUT2D eigenvalue weighted by Gasteiger charge is 2.36. The molecule has 0 spiro atoms. The summed E-state index contributed by atoms with van der Waals surface area (Å²) in [5, 5.41) is 9.71. The van der Waals surface area contributed by atoms with Crippen LogP contribution < -0.4 is 9.79 Å². The molecule has 0 unspecified atom stereocenters. The second-order valence-corrected chi connectivity index (χ2v) is 15.9. The molecule has 0 fully saturated rings. The summed E-state index contributed by atoms with van der Waals surface area (Å²) in [6.07, 6.45) is 1.58. The van der Waals surface area contributed by atoms with Crippen LogP contribution in [0.25, 0.3) is 0 Å². The van der Waals surface area contributed by atoms with Crippen LogP contribution in [0.1, 0.15) is 0 Å². The van der Waals surface area contributed by atoms with Crippen molar-refractivity contribution in [1.82, 2.24) is 15.4 Å². The lowest BCUT2D eigenvalue weighted by molar-refractivity contribution is 0.840. The number of aromatic nitrogens is 3. The minimum absolute atomic E-state index is 0.139. The largest absolute Gasteiger partial charge is 0.419 e. The maximum Gasteiger partial charge on any atom is 0.289 e. The van der Waals surface area contributed by atoms with E-state index < -0.39 is 16.5 Å². The molecule has 0 radical (unpaired) electrons. The Labute approximate surface area is 98.1 Å². The molecule has 0 saturated heterocycles. The van der Waals surface area contributed by atoms with Crippen LogP contribution >= 0.6 is 0 Å². The van der Waals surface area contributed by atoms with Crippen molar-refractivity contribution in [2.75, 3.05) is 4.23 Å². The van der Waals surface area contributed by atoms with Gasteiger partial charge in [-0.15, -0.1) is 5.10 Å². The maximum atomic E-state index is 11.8. The van der Waals surface area contributed by atoms with Crippen LogP contribution in [0.5, 0.6) is 0 Å². The smallest absolute Gasteiger partial charge is 0.289 e. The van der Waals surface area contributed by atoms with Crippen LogP contribution in [0.15, 0.2) is 11.0 Å². The Morgan fingerprint density at radius 2 is 1.62 bits per heavy atom. The Kier molecular flexibility index (Phi) is 3.39. The van der Waals surface area contributed by atoms with Gasteiger partial charge >= 0.3 is 0 Å². The van der Waals surface area contributed by atoms with E-state index in [9.17, 15) is 4.79 Å². The molecule has 0 amide bonds. The van der Waals surface area contributed by atoms with Gasteiger partial charge in [0.15, 0.2) is 0 Å². The molecular weight excluding hydrogens is 236 g/mol. The molecular formula is C9H20N4OSi2. The Morgan fingerprint density at radius 1 is 1.12 bits per heavy atom. The van der Waals surface area contributed by atoms with Crippen molar-refractivity contribution in [2.24, 2.45) is 0 Å². The molecule has 16 heavy (non-hydrogen) atoms. The van der Waals surface area contributed by atoms with Gasteiger partial charge in [-0.1, -0.05) is 44.5 Å². The average Bonchev–Trinajstić information content (AvgIpc) is 2.03. The van der Waals surface area contributed by atoms with Gasteiger partial charge in [0.1, 0.15) is 22.2 Å². The van der Waals surface area contributed by atoms with Gasteiger partial charge in [-0.05, 0) is 0 Å². The zero-order valence-corrected chi connectivity index (χ0v) is 12.8. The number of rotatable bonds is 3. The van der Waals surface area contributed by atoms with Crippen molar-refractivity contribution >= 4 is 22.2 Å². The van der Waals surface area contributed by atoms with Crippen molar-refractivity contribution in [2.45, 2.75) is 39.3 Å². The average molecular weight is 256 g/mol. The number of aromatic amines is 1. The van der Waals surface area contributed by atoms with Crippen LogP contribution in [-0.4, -0.2) is 31.9 Å². The SMILES string of the molecule is C[Si](C)(C)N(c1cnn[nH]c1=O)[Si](C)(C)C. The highest BCUT2D eigenvalue weighted by atomic mass is 28.4. The summed E-state index contributed by atoms with van der Waals surface area (Å²) in [6, 6.07) is 0. The number of anilines is 1. The van der Waals surface area contributed by atoms with E-state index in [4.69, 9.17) is 0 Å². The normalized spacial score (nSPS) is 12.6. The van der Waals surface area contributed by atoms with E-state index in [-0.39, 0.29) is 5.56 Å². The molecule has 1 heterocycles. The molecule has 0 saturated carbocycles. The zero-order valence-electron chi connectivity index (χ0n) is 10.8. The molecule has 1 aromatic heterocycles. The van der Waals surface area contributed by atoms with Crippen LogP contribution in [0, 0.1) is 0 Å². The van der Waals surface area contributed by atoms with E-state index in [1.54, 1.807) is 6.20 Å². The molecule has 0 aromatic carbocycles. The number of nitrogens with one attached hydrogen (secondary N) is 1. The molecule has 0 atom stereocenters. The van der Waals surface area contributed by atoms with Crippen molar-refractivity contribution in [3.63, 3.8) is 0 Å². The van der Waals surface area contributed by atoms with Gasteiger partial charge in [0, 0.05) is 0 Å². The molecule has 1 rings (SSSR count). The lowest BCUT2D eigenvalue weighted by Gasteiger charge is -2.44. The van der Waals surface area contributed by atoms with E-state index in [1.807, 2.05) is 0 Å². The monoisotopic (exact) mass is 256 g/mol. The van der Waals surface area contributed by atoms with Crippen LogP contribution in [0.4, 0.5) is 5.69 Å². The lowest BCUT2D eigenvalue weighted by Crippen LogP contribution is -2.61. The quantitative estimate of drug-likeness (QED) is 0.835. The minimum Gasteiger partial charge on any atom is -0.419 e. The van der Waals surface area contributed by atoms with Crippen molar-refractivity contribution in [3.8, 4) is 0 Å². The first-order chi connectivity index (χ1) is 7.14. The number of hydrogen-bond donors (Lipinski definition) is 1. The second kappa shape index (κ2) is 4.13. The van der Waals surface area contributed by atoms with Crippen molar-refractivity contribution < 1.29 is 0 Å². The van der Waals surface area contributed by atoms with E-state index in [1.165, 1.54) is 0 Å². The van der Waals surface area contributed by atoms with Crippen LogP contribution in [0.2, 0.25) is 39.3 Å². The molecule has 0 aliphatic heterocycles. The third-order valence-electron chi connectivity index (χ3n) is 2.20. The van der Waals surface area contributed by atoms with Crippen molar-refractivity contribution in [3.05, 3.63) is 16.6 Å². The molecule has 0 aliphatic carbocycles. The fourth-order valence-electron chi connectivity index (χ4n) is 2.16. The topological polar surface area (TPSA) is 61.9 Å². The third-order valence-corrected chi connectivity index (χ3v) is 9.39. The first kappa shape index (κ1) is 13.1. The Balaban J connectivity index is 3.35. The standard InChI is InChI=1S/C9H20N4OSi2/c1-15(2,3)13(16(4,5)6)8-7-10-12-11-9(8)14/h7H,1-6H3,(H,10,11,14). The molecule has 5 nitrogen and oxygen atoms in total. The predicted octanol–water partition coefficient (Wildman–Crippen LogP) is 1.64. The first-order valence-corrected chi connectivity index (χ1v) is 12.2. The lowest BCUT2D eigenvalue weighted by atomic mass is 10.6. The summed E-state index contributed by atoms with van der Waals surface area (Å²) in [5.74, 6) is 0. The van der Waals surface area contributed by atoms with Gasteiger partial charge in [0.2, 0.25) is 0 Å². The highest BCUT2D eigenvalue weighted by molar-refractivity contribution is 6.99. The second-order valence-electron chi connectivity index (χ2n) is 5.85. The van der Waals surface area contributed by atoms with Crippen LogP contribution in [0.3, 0.4) is 0 Å². The fourth-order valence-corrected chi connectivity index (χ4v) is 12.0. The molecule has 0 bridgehead atoms. The molecule has 1 aromatic rings. The molecule has 0 aliphatic rings. The van der Waals surface area contributed by atoms with Gasteiger partial charge < -0.3 is 4.23 Å². The molecule has 1 N–H and O–H groups in total. The summed E-state index contributed by atoms with van der Waals surface area (Å²) in [7, 11) is -3.17. The Hall–Kier alpha value is -0.956. The number of hydrogen-bond acceptors (Lipinski definition) is 4. The summed E-state index contributed by atoms with van der Waals surface area (Å²) < 4.78 is 2.33. The summed E-state index contributed by atoms with van der Waals surface area (Å²) >= 11 is 0. The zero-order chi connectivity index (χ0) is 12.6. The van der Waals surface area contributed by atoms with Gasteiger partial charge in [-0.25, -0.2) is 5.10 Å². The van der Waals surface area contributed by atoms with E-state index >= 15 is 0 Å². The van der Waals surface area contributed by atoms with E-state index in [0.29, 0.717) is 5.69 Å². The summed E-state index contributed by atoms with van der Waals surface area (Å²) in [4.78, 5) is 11.8. The number of H-pyrrole nitrogens is 1. The highest BCUT2D eigenvalue weighted by Crippen LogP contribution is 2.24. The van der Waals surface area contributed by atoms with Gasteiger partial charge in [-0.3, -0.25) is 4.79 Å². The van der Waals surface area contributed by atoms with Gasteiger partial charge in [-0.2, -0.15) is 0 Å².